The summed E-state index contributed by atoms with van der Waals surface area (Å²) in [5, 5.41) is 0. The second-order valence-electron chi connectivity index (χ2n) is 5.75. The van der Waals surface area contributed by atoms with Crippen molar-refractivity contribution in [2.75, 3.05) is 24.2 Å². The van der Waals surface area contributed by atoms with Crippen molar-refractivity contribution >= 4 is 27.5 Å². The molecule has 7 heteroatoms. The maximum Gasteiger partial charge on any atom is 0.340 e. The summed E-state index contributed by atoms with van der Waals surface area (Å²) in [5.41, 5.74) is 1.68. The highest BCUT2D eigenvalue weighted by molar-refractivity contribution is 7.92. The molecule has 0 aromatic heterocycles. The van der Waals surface area contributed by atoms with Crippen molar-refractivity contribution in [1.82, 2.24) is 0 Å². The van der Waals surface area contributed by atoms with Gasteiger partial charge >= 0.3 is 5.97 Å². The second kappa shape index (κ2) is 8.14. The summed E-state index contributed by atoms with van der Waals surface area (Å²) >= 11 is 0. The molecular formula is C19H21NO5S. The number of benzene rings is 2. The summed E-state index contributed by atoms with van der Waals surface area (Å²) in [5.74, 6) is -1.04. The molecule has 0 aliphatic rings. The first kappa shape index (κ1) is 19.7. The topological polar surface area (TPSA) is 80.8 Å². The van der Waals surface area contributed by atoms with Crippen LogP contribution >= 0.6 is 0 Å². The highest BCUT2D eigenvalue weighted by Gasteiger charge is 2.26. The van der Waals surface area contributed by atoms with Crippen molar-refractivity contribution in [2.45, 2.75) is 13.3 Å². The number of Topliss-reactive ketones (excluding diaryl/α,β-unsaturated/α-hetero) is 1. The van der Waals surface area contributed by atoms with Gasteiger partial charge in [0.25, 0.3) is 0 Å². The third-order valence-corrected chi connectivity index (χ3v) is 5.08. The number of esters is 1. The van der Waals surface area contributed by atoms with Gasteiger partial charge in [0.2, 0.25) is 10.0 Å². The molecule has 0 saturated heterocycles. The molecule has 0 radical (unpaired) electrons. The Morgan fingerprint density at radius 2 is 1.65 bits per heavy atom. The Morgan fingerprint density at radius 1 is 1.04 bits per heavy atom. The van der Waals surface area contributed by atoms with Gasteiger partial charge in [0.15, 0.2) is 5.78 Å². The molecule has 0 aliphatic carbocycles. The number of rotatable bonds is 7. The number of carbonyl (C=O) groups is 2. The van der Waals surface area contributed by atoms with Crippen LogP contribution in [0.4, 0.5) is 5.69 Å². The van der Waals surface area contributed by atoms with Gasteiger partial charge in [-0.05, 0) is 24.1 Å². The number of sulfonamides is 1. The molecular weight excluding hydrogens is 354 g/mol. The van der Waals surface area contributed by atoms with Crippen LogP contribution in [0.3, 0.4) is 0 Å². The Morgan fingerprint density at radius 3 is 2.19 bits per heavy atom. The zero-order valence-electron chi connectivity index (χ0n) is 14.9. The molecule has 0 N–H and O–H groups in total. The first-order valence-electron chi connectivity index (χ1n) is 8.05. The molecule has 138 valence electrons. The Labute approximate surface area is 153 Å². The maximum atomic E-state index is 12.6. The van der Waals surface area contributed by atoms with Gasteiger partial charge in [-0.15, -0.1) is 0 Å². The maximum absolute atomic E-state index is 12.6. The summed E-state index contributed by atoms with van der Waals surface area (Å²) in [6.07, 6.45) is 1.84. The van der Waals surface area contributed by atoms with Gasteiger partial charge in [-0.1, -0.05) is 43.3 Å². The van der Waals surface area contributed by atoms with Gasteiger partial charge in [-0.3, -0.25) is 9.10 Å². The van der Waals surface area contributed by atoms with Gasteiger partial charge in [0.1, 0.15) is 0 Å². The summed E-state index contributed by atoms with van der Waals surface area (Å²) in [4.78, 5) is 24.6. The van der Waals surface area contributed by atoms with Crippen molar-refractivity contribution in [2.24, 2.45) is 0 Å². The number of hydrogen-bond acceptors (Lipinski definition) is 5. The van der Waals surface area contributed by atoms with Crippen LogP contribution in [0.2, 0.25) is 0 Å². The molecule has 0 amide bonds. The molecule has 2 rings (SSSR count). The highest BCUT2D eigenvalue weighted by atomic mass is 32.2. The SMILES string of the molecule is CCc1ccc(C(=O)CN(c2ccccc2C(=O)OC)S(C)(=O)=O)cc1. The van der Waals surface area contributed by atoms with E-state index in [0.29, 0.717) is 5.56 Å². The van der Waals surface area contributed by atoms with Crippen LogP contribution in [0.25, 0.3) is 0 Å². The Kier molecular flexibility index (Phi) is 6.15. The Bertz CT molecular complexity index is 904. The monoisotopic (exact) mass is 375 g/mol. The average molecular weight is 375 g/mol. The summed E-state index contributed by atoms with van der Waals surface area (Å²) in [6, 6.07) is 13.1. The van der Waals surface area contributed by atoms with Crippen molar-refractivity contribution < 1.29 is 22.7 Å². The normalized spacial score (nSPS) is 11.0. The van der Waals surface area contributed by atoms with Gasteiger partial charge in [-0.25, -0.2) is 13.2 Å². The van der Waals surface area contributed by atoms with E-state index in [1.165, 1.54) is 19.2 Å². The Balaban J connectivity index is 2.41. The van der Waals surface area contributed by atoms with Gasteiger partial charge in [-0.2, -0.15) is 0 Å². The molecule has 0 spiro atoms. The third-order valence-electron chi connectivity index (χ3n) is 3.95. The zero-order chi connectivity index (χ0) is 19.3. The number of hydrogen-bond donors (Lipinski definition) is 0. The zero-order valence-corrected chi connectivity index (χ0v) is 15.7. The van der Waals surface area contributed by atoms with E-state index in [0.717, 1.165) is 22.5 Å². The fraction of sp³-hybridized carbons (Fsp3) is 0.263. The summed E-state index contributed by atoms with van der Waals surface area (Å²) in [7, 11) is -2.58. The molecule has 0 fully saturated rings. The number of anilines is 1. The lowest BCUT2D eigenvalue weighted by atomic mass is 10.1. The molecule has 0 saturated carbocycles. The van der Waals surface area contributed by atoms with Crippen LogP contribution in [0, 0.1) is 0 Å². The van der Waals surface area contributed by atoms with Gasteiger partial charge < -0.3 is 4.74 Å². The van der Waals surface area contributed by atoms with Crippen LogP contribution < -0.4 is 4.31 Å². The number of ether oxygens (including phenoxy) is 1. The summed E-state index contributed by atoms with van der Waals surface area (Å²) < 4.78 is 30.2. The lowest BCUT2D eigenvalue weighted by Gasteiger charge is -2.23. The molecule has 0 aliphatic heterocycles. The number of methoxy groups -OCH3 is 1. The van der Waals surface area contributed by atoms with Crippen LogP contribution in [0.15, 0.2) is 48.5 Å². The van der Waals surface area contributed by atoms with Crippen LogP contribution in [0.5, 0.6) is 0 Å². The molecule has 26 heavy (non-hydrogen) atoms. The predicted molar refractivity (Wildman–Crippen MR) is 100 cm³/mol. The minimum Gasteiger partial charge on any atom is -0.465 e. The fourth-order valence-corrected chi connectivity index (χ4v) is 3.37. The number of aryl methyl sites for hydroxylation is 1. The van der Waals surface area contributed by atoms with E-state index in [1.807, 2.05) is 19.1 Å². The molecule has 0 unspecified atom stereocenters. The average Bonchev–Trinajstić information content (AvgIpc) is 2.64. The van der Waals surface area contributed by atoms with E-state index in [4.69, 9.17) is 4.74 Å². The highest BCUT2D eigenvalue weighted by Crippen LogP contribution is 2.24. The molecule has 2 aromatic rings. The lowest BCUT2D eigenvalue weighted by molar-refractivity contribution is 0.0601. The number of nitrogens with zero attached hydrogens (tertiary/aromatic N) is 1. The number of para-hydroxylation sites is 1. The minimum atomic E-state index is -3.79. The largest absolute Gasteiger partial charge is 0.465 e. The molecule has 6 nitrogen and oxygen atoms in total. The second-order valence-corrected chi connectivity index (χ2v) is 7.66. The quantitative estimate of drug-likeness (QED) is 0.549. The van der Waals surface area contributed by atoms with E-state index >= 15 is 0 Å². The molecule has 0 heterocycles. The number of ketones is 1. The van der Waals surface area contributed by atoms with E-state index in [1.54, 1.807) is 24.3 Å². The van der Waals surface area contributed by atoms with E-state index in [-0.39, 0.29) is 17.0 Å². The van der Waals surface area contributed by atoms with Gasteiger partial charge in [0.05, 0.1) is 31.2 Å². The third kappa shape index (κ3) is 4.49. The van der Waals surface area contributed by atoms with E-state index in [2.05, 4.69) is 0 Å². The first-order chi connectivity index (χ1) is 12.3. The van der Waals surface area contributed by atoms with Crippen LogP contribution in [0.1, 0.15) is 33.2 Å². The molecule has 0 bridgehead atoms. The minimum absolute atomic E-state index is 0.0783. The fourth-order valence-electron chi connectivity index (χ4n) is 2.50. The molecule has 0 atom stereocenters. The smallest absolute Gasteiger partial charge is 0.340 e. The van der Waals surface area contributed by atoms with Crippen LogP contribution in [-0.2, 0) is 21.2 Å². The number of carbonyl (C=O) groups excluding carboxylic acids is 2. The van der Waals surface area contributed by atoms with Crippen LogP contribution in [-0.4, -0.2) is 40.1 Å². The standard InChI is InChI=1S/C19H21NO5S/c1-4-14-9-11-15(12-10-14)18(21)13-20(26(3,23)24)17-8-6-5-7-16(17)19(22)25-2/h5-12H,4,13H2,1-3H3. The summed E-state index contributed by atoms with van der Waals surface area (Å²) in [6.45, 7) is 1.60. The van der Waals surface area contributed by atoms with Crippen molar-refractivity contribution in [3.63, 3.8) is 0 Å². The van der Waals surface area contributed by atoms with Crippen molar-refractivity contribution in [1.29, 1.82) is 0 Å². The predicted octanol–water partition coefficient (Wildman–Crippen LogP) is 2.68. The van der Waals surface area contributed by atoms with Gasteiger partial charge in [0, 0.05) is 5.56 Å². The Hall–Kier alpha value is -2.67. The van der Waals surface area contributed by atoms with E-state index in [9.17, 15) is 18.0 Å². The molecule has 2 aromatic carbocycles. The van der Waals surface area contributed by atoms with Crippen molar-refractivity contribution in [3.05, 3.63) is 65.2 Å². The van der Waals surface area contributed by atoms with E-state index < -0.39 is 22.5 Å². The van der Waals surface area contributed by atoms with Crippen molar-refractivity contribution in [3.8, 4) is 0 Å². The first-order valence-corrected chi connectivity index (χ1v) is 9.90. The lowest BCUT2D eigenvalue weighted by Crippen LogP contribution is -2.36.